The lowest BCUT2D eigenvalue weighted by Crippen LogP contribution is -2.39. The van der Waals surface area contributed by atoms with Gasteiger partial charge in [0.1, 0.15) is 13.1 Å². The normalized spacial score (nSPS) is 16.8. The maximum absolute atomic E-state index is 11.2. The lowest BCUT2D eigenvalue weighted by atomic mass is 10.5. The van der Waals surface area contributed by atoms with Gasteiger partial charge in [0.2, 0.25) is 5.91 Å². The highest BCUT2D eigenvalue weighted by Gasteiger charge is 2.34. The van der Waals surface area contributed by atoms with Crippen molar-refractivity contribution >= 4 is 17.8 Å². The molecule has 0 aliphatic carbocycles. The van der Waals surface area contributed by atoms with Gasteiger partial charge in [-0.1, -0.05) is 0 Å². The van der Waals surface area contributed by atoms with E-state index in [-0.39, 0.29) is 24.9 Å². The van der Waals surface area contributed by atoms with Gasteiger partial charge in [-0.3, -0.25) is 14.5 Å². The van der Waals surface area contributed by atoms with E-state index in [1.54, 1.807) is 0 Å². The fraction of sp³-hybridized carbons (Fsp3) is 0.571. The van der Waals surface area contributed by atoms with E-state index in [1.807, 2.05) is 0 Å². The number of amides is 4. The number of nitrogens with zero attached hydrogens (tertiary/aromatic N) is 2. The minimum atomic E-state index is -0.423. The van der Waals surface area contributed by atoms with Gasteiger partial charge in [0.05, 0.1) is 0 Å². The third-order valence-electron chi connectivity index (χ3n) is 1.81. The summed E-state index contributed by atoms with van der Waals surface area (Å²) < 4.78 is 0. The van der Waals surface area contributed by atoms with Gasteiger partial charge in [-0.15, -0.1) is 0 Å². The Labute approximate surface area is 75.5 Å². The van der Waals surface area contributed by atoms with Crippen LogP contribution in [0.5, 0.6) is 0 Å². The molecule has 0 saturated carbocycles. The van der Waals surface area contributed by atoms with Gasteiger partial charge in [-0.05, 0) is 0 Å². The highest BCUT2D eigenvalue weighted by atomic mass is 16.2. The van der Waals surface area contributed by atoms with Crippen molar-refractivity contribution in [2.45, 2.75) is 0 Å². The SMILES string of the molecule is CNC(=O)CN1C(=O)CN(C)C1=O. The van der Waals surface area contributed by atoms with Gasteiger partial charge in [0.15, 0.2) is 0 Å². The van der Waals surface area contributed by atoms with Crippen LogP contribution < -0.4 is 5.32 Å². The Balaban J connectivity index is 2.64. The summed E-state index contributed by atoms with van der Waals surface area (Å²) in [5.41, 5.74) is 0. The fourth-order valence-corrected chi connectivity index (χ4v) is 1.05. The molecule has 1 fully saturated rings. The van der Waals surface area contributed by atoms with Crippen LogP contribution in [0.15, 0.2) is 0 Å². The van der Waals surface area contributed by atoms with Crippen LogP contribution in [0, 0.1) is 0 Å². The minimum Gasteiger partial charge on any atom is -0.358 e. The van der Waals surface area contributed by atoms with Crippen LogP contribution in [0.25, 0.3) is 0 Å². The first-order valence-corrected chi connectivity index (χ1v) is 3.82. The van der Waals surface area contributed by atoms with E-state index in [4.69, 9.17) is 0 Å². The molecule has 0 aromatic rings. The predicted octanol–water partition coefficient (Wildman–Crippen LogP) is -1.37. The van der Waals surface area contributed by atoms with E-state index in [9.17, 15) is 14.4 Å². The molecule has 0 aromatic heterocycles. The summed E-state index contributed by atoms with van der Waals surface area (Å²) in [4.78, 5) is 35.4. The molecule has 1 aliphatic rings. The Morgan fingerprint density at radius 1 is 1.54 bits per heavy atom. The second kappa shape index (κ2) is 3.42. The van der Waals surface area contributed by atoms with E-state index in [2.05, 4.69) is 5.32 Å². The van der Waals surface area contributed by atoms with Gasteiger partial charge < -0.3 is 10.2 Å². The molecule has 1 heterocycles. The Hall–Kier alpha value is -1.59. The Morgan fingerprint density at radius 2 is 2.15 bits per heavy atom. The van der Waals surface area contributed by atoms with Crippen molar-refractivity contribution in [3.8, 4) is 0 Å². The summed E-state index contributed by atoms with van der Waals surface area (Å²) in [7, 11) is 2.97. The molecule has 1 aliphatic heterocycles. The van der Waals surface area contributed by atoms with Crippen molar-refractivity contribution in [3.05, 3.63) is 0 Å². The lowest BCUT2D eigenvalue weighted by molar-refractivity contribution is -0.130. The lowest BCUT2D eigenvalue weighted by Gasteiger charge is -2.12. The highest BCUT2D eigenvalue weighted by molar-refractivity contribution is 6.04. The summed E-state index contributed by atoms with van der Waals surface area (Å²) in [5.74, 6) is -0.687. The van der Waals surface area contributed by atoms with Crippen molar-refractivity contribution in [1.82, 2.24) is 15.1 Å². The molecule has 0 radical (unpaired) electrons. The van der Waals surface area contributed by atoms with Crippen molar-refractivity contribution in [1.29, 1.82) is 0 Å². The third-order valence-corrected chi connectivity index (χ3v) is 1.81. The summed E-state index contributed by atoms with van der Waals surface area (Å²) >= 11 is 0. The van der Waals surface area contributed by atoms with Gasteiger partial charge in [0.25, 0.3) is 5.91 Å². The molecule has 0 bridgehead atoms. The number of nitrogens with one attached hydrogen (secondary N) is 1. The smallest absolute Gasteiger partial charge is 0.327 e. The Morgan fingerprint density at radius 3 is 2.54 bits per heavy atom. The van der Waals surface area contributed by atoms with Crippen LogP contribution in [-0.2, 0) is 9.59 Å². The van der Waals surface area contributed by atoms with E-state index in [0.717, 1.165) is 4.90 Å². The first kappa shape index (κ1) is 9.50. The van der Waals surface area contributed by atoms with Crippen molar-refractivity contribution in [2.75, 3.05) is 27.2 Å². The first-order chi connectivity index (χ1) is 6.06. The molecule has 6 heteroatoms. The quantitative estimate of drug-likeness (QED) is 0.539. The van der Waals surface area contributed by atoms with Crippen LogP contribution >= 0.6 is 0 Å². The van der Waals surface area contributed by atoms with Crippen LogP contribution in [0.4, 0.5) is 4.79 Å². The van der Waals surface area contributed by atoms with E-state index >= 15 is 0 Å². The van der Waals surface area contributed by atoms with Crippen molar-refractivity contribution in [2.24, 2.45) is 0 Å². The predicted molar refractivity (Wildman–Crippen MR) is 43.8 cm³/mol. The second-order valence-corrected chi connectivity index (χ2v) is 2.79. The molecular formula is C7H11N3O3. The molecule has 72 valence electrons. The van der Waals surface area contributed by atoms with E-state index in [0.29, 0.717) is 0 Å². The van der Waals surface area contributed by atoms with Gasteiger partial charge in [-0.2, -0.15) is 0 Å². The number of hydrogen-bond acceptors (Lipinski definition) is 3. The minimum absolute atomic E-state index is 0.0514. The number of urea groups is 1. The average Bonchev–Trinajstić information content (AvgIpc) is 2.32. The van der Waals surface area contributed by atoms with E-state index in [1.165, 1.54) is 19.0 Å². The zero-order chi connectivity index (χ0) is 10.0. The van der Waals surface area contributed by atoms with Crippen molar-refractivity contribution < 1.29 is 14.4 Å². The average molecular weight is 185 g/mol. The molecule has 1 saturated heterocycles. The second-order valence-electron chi connectivity index (χ2n) is 2.79. The monoisotopic (exact) mass is 185 g/mol. The number of carbonyl (C=O) groups excluding carboxylic acids is 3. The Bertz CT molecular complexity index is 264. The molecule has 0 spiro atoms. The zero-order valence-corrected chi connectivity index (χ0v) is 7.53. The molecule has 6 nitrogen and oxygen atoms in total. The van der Waals surface area contributed by atoms with Gasteiger partial charge >= 0.3 is 6.03 Å². The first-order valence-electron chi connectivity index (χ1n) is 3.82. The summed E-state index contributed by atoms with van der Waals surface area (Å²) in [6.07, 6.45) is 0. The number of carbonyl (C=O) groups is 3. The van der Waals surface area contributed by atoms with Crippen molar-refractivity contribution in [3.63, 3.8) is 0 Å². The third kappa shape index (κ3) is 1.77. The van der Waals surface area contributed by atoms with Crippen LogP contribution in [0.1, 0.15) is 0 Å². The molecule has 1 N–H and O–H groups in total. The molecule has 1 rings (SSSR count). The van der Waals surface area contributed by atoms with E-state index < -0.39 is 6.03 Å². The summed E-state index contributed by atoms with van der Waals surface area (Å²) in [5, 5.41) is 2.34. The highest BCUT2D eigenvalue weighted by Crippen LogP contribution is 2.06. The van der Waals surface area contributed by atoms with Crippen LogP contribution in [0.2, 0.25) is 0 Å². The molecule has 13 heavy (non-hydrogen) atoms. The topological polar surface area (TPSA) is 69.7 Å². The maximum Gasteiger partial charge on any atom is 0.327 e. The summed E-state index contributed by atoms with van der Waals surface area (Å²) in [6, 6.07) is -0.423. The summed E-state index contributed by atoms with van der Waals surface area (Å²) in [6.45, 7) is -0.145. The number of likely N-dealkylation sites (N-methyl/N-ethyl adjacent to an activating group) is 2. The molecule has 0 aromatic carbocycles. The Kier molecular flexibility index (Phi) is 2.50. The van der Waals surface area contributed by atoms with Crippen LogP contribution in [0.3, 0.4) is 0 Å². The molecule has 4 amide bonds. The van der Waals surface area contributed by atoms with Gasteiger partial charge in [-0.25, -0.2) is 4.79 Å². The van der Waals surface area contributed by atoms with Crippen LogP contribution in [-0.4, -0.2) is 54.8 Å². The number of rotatable bonds is 2. The molecular weight excluding hydrogens is 174 g/mol. The molecule has 0 atom stereocenters. The zero-order valence-electron chi connectivity index (χ0n) is 7.53. The maximum atomic E-state index is 11.2. The fourth-order valence-electron chi connectivity index (χ4n) is 1.05. The molecule has 0 unspecified atom stereocenters. The standard InChI is InChI=1S/C7H11N3O3/c1-8-5(11)3-10-6(12)4-9(2)7(10)13/h3-4H2,1-2H3,(H,8,11). The number of imide groups is 1. The number of hydrogen-bond donors (Lipinski definition) is 1. The largest absolute Gasteiger partial charge is 0.358 e. The van der Waals surface area contributed by atoms with Gasteiger partial charge in [0, 0.05) is 14.1 Å².